The molecule has 2 atom stereocenters. The molecule has 0 unspecified atom stereocenters. The Morgan fingerprint density at radius 1 is 1.00 bits per heavy atom. The van der Waals surface area contributed by atoms with Crippen LogP contribution in [0.2, 0.25) is 0 Å². The van der Waals surface area contributed by atoms with Crippen LogP contribution in [0.3, 0.4) is 0 Å². The third kappa shape index (κ3) is 6.66. The Hall–Kier alpha value is -3.68. The number of hydrogen-bond donors (Lipinski definition) is 1. The van der Waals surface area contributed by atoms with Crippen molar-refractivity contribution in [3.8, 4) is 0 Å². The summed E-state index contributed by atoms with van der Waals surface area (Å²) in [6, 6.07) is 15.7. The predicted molar refractivity (Wildman–Crippen MR) is 126 cm³/mol. The molecular weight excluding hydrogens is 436 g/mol. The van der Waals surface area contributed by atoms with Crippen LogP contribution in [0.4, 0.5) is 5.69 Å². The zero-order valence-corrected chi connectivity index (χ0v) is 19.7. The van der Waals surface area contributed by atoms with Crippen molar-refractivity contribution >= 4 is 29.4 Å². The second-order valence-electron chi connectivity index (χ2n) is 8.76. The fourth-order valence-electron chi connectivity index (χ4n) is 3.64. The zero-order chi connectivity index (χ0) is 24.7. The van der Waals surface area contributed by atoms with Crippen molar-refractivity contribution in [2.45, 2.75) is 33.2 Å². The summed E-state index contributed by atoms with van der Waals surface area (Å²) >= 11 is 0. The van der Waals surface area contributed by atoms with Gasteiger partial charge in [0.05, 0.1) is 24.1 Å². The number of benzene rings is 2. The Kier molecular flexibility index (Phi) is 8.40. The van der Waals surface area contributed by atoms with Crippen LogP contribution < -0.4 is 5.32 Å². The minimum atomic E-state index is -0.609. The van der Waals surface area contributed by atoms with Gasteiger partial charge in [0, 0.05) is 18.7 Å². The summed E-state index contributed by atoms with van der Waals surface area (Å²) in [5.74, 6) is -2.00. The van der Waals surface area contributed by atoms with Crippen molar-refractivity contribution < 1.29 is 28.7 Å². The number of anilines is 1. The van der Waals surface area contributed by atoms with Crippen LogP contribution >= 0.6 is 0 Å². The van der Waals surface area contributed by atoms with E-state index in [2.05, 4.69) is 5.32 Å². The first-order valence-electron chi connectivity index (χ1n) is 11.3. The highest BCUT2D eigenvalue weighted by Gasteiger charge is 2.38. The predicted octanol–water partition coefficient (Wildman–Crippen LogP) is 3.59. The van der Waals surface area contributed by atoms with E-state index in [-0.39, 0.29) is 30.8 Å². The summed E-state index contributed by atoms with van der Waals surface area (Å²) in [5.41, 5.74) is 1.83. The van der Waals surface area contributed by atoms with E-state index in [4.69, 9.17) is 9.47 Å². The maximum atomic E-state index is 12.4. The number of carbonyl (C=O) groups is 4. The van der Waals surface area contributed by atoms with E-state index in [0.29, 0.717) is 17.9 Å². The molecule has 1 saturated heterocycles. The van der Waals surface area contributed by atoms with Gasteiger partial charge in [-0.05, 0) is 42.7 Å². The van der Waals surface area contributed by atoms with Gasteiger partial charge in [-0.25, -0.2) is 4.79 Å². The molecule has 1 aliphatic rings. The molecule has 180 valence electrons. The van der Waals surface area contributed by atoms with E-state index >= 15 is 0 Å². The first-order valence-corrected chi connectivity index (χ1v) is 11.3. The smallest absolute Gasteiger partial charge is 0.338 e. The molecule has 1 aliphatic heterocycles. The first-order chi connectivity index (χ1) is 16.2. The van der Waals surface area contributed by atoms with Gasteiger partial charge in [-0.1, -0.05) is 44.2 Å². The maximum Gasteiger partial charge on any atom is 0.338 e. The fourth-order valence-corrected chi connectivity index (χ4v) is 3.64. The van der Waals surface area contributed by atoms with Gasteiger partial charge in [-0.3, -0.25) is 14.4 Å². The molecule has 0 bridgehead atoms. The maximum absolute atomic E-state index is 12.4. The molecule has 34 heavy (non-hydrogen) atoms. The van der Waals surface area contributed by atoms with E-state index in [1.807, 2.05) is 51.1 Å². The number of nitrogens with one attached hydrogen (secondary N) is 1. The minimum absolute atomic E-state index is 0.0615. The second-order valence-corrected chi connectivity index (χ2v) is 8.76. The van der Waals surface area contributed by atoms with Crippen LogP contribution in [-0.4, -0.2) is 48.4 Å². The quantitative estimate of drug-likeness (QED) is 0.567. The largest absolute Gasteiger partial charge is 0.462 e. The Morgan fingerprint density at radius 3 is 2.32 bits per heavy atom. The summed E-state index contributed by atoms with van der Waals surface area (Å²) in [5, 5.41) is 2.62. The highest BCUT2D eigenvalue weighted by atomic mass is 16.5. The van der Waals surface area contributed by atoms with E-state index in [9.17, 15) is 19.2 Å². The summed E-state index contributed by atoms with van der Waals surface area (Å²) in [4.78, 5) is 50.7. The molecule has 3 rings (SSSR count). The van der Waals surface area contributed by atoms with Gasteiger partial charge in [-0.2, -0.15) is 0 Å². The summed E-state index contributed by atoms with van der Waals surface area (Å²) in [7, 11) is 0. The van der Waals surface area contributed by atoms with Crippen LogP contribution in [0.5, 0.6) is 0 Å². The molecule has 0 radical (unpaired) electrons. The number of rotatable bonds is 9. The summed E-state index contributed by atoms with van der Waals surface area (Å²) in [6.45, 7) is 5.94. The Morgan fingerprint density at radius 2 is 1.68 bits per heavy atom. The van der Waals surface area contributed by atoms with Crippen molar-refractivity contribution in [2.75, 3.05) is 25.1 Å². The number of esters is 2. The van der Waals surface area contributed by atoms with Crippen molar-refractivity contribution in [1.82, 2.24) is 4.90 Å². The van der Waals surface area contributed by atoms with Crippen LogP contribution in [0.15, 0.2) is 54.6 Å². The number of carbonyl (C=O) groups excluding carboxylic acids is 4. The summed E-state index contributed by atoms with van der Waals surface area (Å²) < 4.78 is 10.3. The summed E-state index contributed by atoms with van der Waals surface area (Å²) in [6.07, 6.45) is 0.0615. The Bertz CT molecular complexity index is 1020. The van der Waals surface area contributed by atoms with Gasteiger partial charge in [-0.15, -0.1) is 0 Å². The number of nitrogens with zero attached hydrogens (tertiary/aromatic N) is 1. The van der Waals surface area contributed by atoms with Crippen molar-refractivity contribution in [1.29, 1.82) is 0 Å². The average Bonchev–Trinajstić information content (AvgIpc) is 3.23. The highest BCUT2D eigenvalue weighted by molar-refractivity contribution is 5.95. The van der Waals surface area contributed by atoms with Crippen molar-refractivity contribution in [3.05, 3.63) is 65.7 Å². The van der Waals surface area contributed by atoms with Crippen molar-refractivity contribution in [2.24, 2.45) is 11.8 Å². The minimum Gasteiger partial charge on any atom is -0.462 e. The first kappa shape index (κ1) is 25.0. The SMILES string of the molecule is CC(C)COC(=O)c1ccc(NC(=O)COC(=O)[C@H]2CC(=O)N([C@H](C)c3ccccc3)C2)cc1. The molecule has 0 aliphatic carbocycles. The Balaban J connectivity index is 1.45. The monoisotopic (exact) mass is 466 g/mol. The molecule has 0 aromatic heterocycles. The van der Waals surface area contributed by atoms with Crippen LogP contribution in [0, 0.1) is 11.8 Å². The molecule has 0 spiro atoms. The molecular formula is C26H30N2O6. The number of ether oxygens (including phenoxy) is 2. The molecule has 2 aromatic rings. The lowest BCUT2D eigenvalue weighted by Gasteiger charge is -2.25. The van der Waals surface area contributed by atoms with E-state index in [1.54, 1.807) is 29.2 Å². The molecule has 1 N–H and O–H groups in total. The molecule has 8 heteroatoms. The van der Waals surface area contributed by atoms with Crippen LogP contribution in [0.25, 0.3) is 0 Å². The number of hydrogen-bond acceptors (Lipinski definition) is 6. The third-order valence-corrected chi connectivity index (χ3v) is 5.54. The molecule has 1 fully saturated rings. The second kappa shape index (κ2) is 11.4. The normalized spacial score (nSPS) is 16.3. The molecule has 2 amide bonds. The highest BCUT2D eigenvalue weighted by Crippen LogP contribution is 2.29. The van der Waals surface area contributed by atoms with E-state index < -0.39 is 30.4 Å². The van der Waals surface area contributed by atoms with Gasteiger partial charge in [0.25, 0.3) is 5.91 Å². The zero-order valence-electron chi connectivity index (χ0n) is 19.7. The fraction of sp³-hybridized carbons (Fsp3) is 0.385. The van der Waals surface area contributed by atoms with Gasteiger partial charge < -0.3 is 19.7 Å². The molecule has 2 aromatic carbocycles. The van der Waals surface area contributed by atoms with Gasteiger partial charge in [0.15, 0.2) is 6.61 Å². The standard InChI is InChI=1S/C26H30N2O6/c1-17(2)15-33-25(31)20-9-11-22(12-10-20)27-23(29)16-34-26(32)21-13-24(30)28(14-21)18(3)19-7-5-4-6-8-19/h4-12,17-18,21H,13-16H2,1-3H3,(H,27,29)/t18-,21+/m1/s1. The molecule has 8 nitrogen and oxygen atoms in total. The number of amides is 2. The third-order valence-electron chi connectivity index (χ3n) is 5.54. The lowest BCUT2D eigenvalue weighted by Crippen LogP contribution is -2.30. The van der Waals surface area contributed by atoms with Crippen LogP contribution in [-0.2, 0) is 23.9 Å². The lowest BCUT2D eigenvalue weighted by molar-refractivity contribution is -0.151. The van der Waals surface area contributed by atoms with Gasteiger partial charge in [0.1, 0.15) is 0 Å². The van der Waals surface area contributed by atoms with Crippen molar-refractivity contribution in [3.63, 3.8) is 0 Å². The Labute approximate surface area is 199 Å². The van der Waals surface area contributed by atoms with Gasteiger partial charge >= 0.3 is 11.9 Å². The van der Waals surface area contributed by atoms with E-state index in [0.717, 1.165) is 5.56 Å². The van der Waals surface area contributed by atoms with Gasteiger partial charge in [0.2, 0.25) is 5.91 Å². The number of likely N-dealkylation sites (tertiary alicyclic amines) is 1. The van der Waals surface area contributed by atoms with Crippen LogP contribution in [0.1, 0.15) is 49.2 Å². The average molecular weight is 467 g/mol. The van der Waals surface area contributed by atoms with E-state index in [1.165, 1.54) is 0 Å². The molecule has 0 saturated carbocycles. The lowest BCUT2D eigenvalue weighted by atomic mass is 10.1. The topological polar surface area (TPSA) is 102 Å². The molecule has 1 heterocycles.